The molecule has 1 N–H and O–H groups in total. The summed E-state index contributed by atoms with van der Waals surface area (Å²) in [7, 11) is 0. The Morgan fingerprint density at radius 2 is 2.27 bits per heavy atom. The molecule has 1 aromatic heterocycles. The summed E-state index contributed by atoms with van der Waals surface area (Å²) in [6.45, 7) is 0.331. The topological polar surface area (TPSA) is 62.7 Å². The molecule has 2 heterocycles. The summed E-state index contributed by atoms with van der Waals surface area (Å²) < 4.78 is 5.07. The van der Waals surface area contributed by atoms with Gasteiger partial charge in [-0.2, -0.15) is 0 Å². The quantitative estimate of drug-likeness (QED) is 0.731. The van der Waals surface area contributed by atoms with Crippen LogP contribution in [-0.2, 0) is 9.53 Å². The van der Waals surface area contributed by atoms with Crippen molar-refractivity contribution in [1.29, 1.82) is 0 Å². The summed E-state index contributed by atoms with van der Waals surface area (Å²) in [4.78, 5) is 17.1. The van der Waals surface area contributed by atoms with Gasteiger partial charge >= 0.3 is 0 Å². The highest BCUT2D eigenvalue weighted by molar-refractivity contribution is 5.95. The van der Waals surface area contributed by atoms with Gasteiger partial charge in [0.05, 0.1) is 19.3 Å². The van der Waals surface area contributed by atoms with Crippen LogP contribution < -0.4 is 4.90 Å². The Hall–Kier alpha value is -1.46. The molecule has 0 saturated carbocycles. The molecule has 0 spiro atoms. The van der Waals surface area contributed by atoms with Crippen LogP contribution in [0.4, 0.5) is 5.69 Å². The number of aliphatic hydroxyl groups is 1. The van der Waals surface area contributed by atoms with Crippen molar-refractivity contribution in [3.8, 4) is 0 Å². The Morgan fingerprint density at radius 3 is 2.93 bits per heavy atom. The average Bonchev–Trinajstić information content (AvgIpc) is 2.29. The lowest BCUT2D eigenvalue weighted by Crippen LogP contribution is -2.51. The number of aliphatic hydroxyl groups excluding tert-OH is 1. The van der Waals surface area contributed by atoms with E-state index in [1.54, 1.807) is 29.4 Å². The Labute approximate surface area is 87.3 Å². The maximum absolute atomic E-state index is 11.6. The number of anilines is 1. The third-order valence-corrected chi connectivity index (χ3v) is 2.32. The number of carbonyl (C=O) groups excluding carboxylic acids is 1. The van der Waals surface area contributed by atoms with Crippen LogP contribution in [-0.4, -0.2) is 41.9 Å². The molecule has 15 heavy (non-hydrogen) atoms. The zero-order valence-electron chi connectivity index (χ0n) is 8.17. The van der Waals surface area contributed by atoms with Crippen LogP contribution in [0.2, 0.25) is 0 Å². The van der Waals surface area contributed by atoms with Crippen LogP contribution in [0.1, 0.15) is 0 Å². The van der Waals surface area contributed by atoms with Gasteiger partial charge in [0.1, 0.15) is 6.61 Å². The maximum atomic E-state index is 11.6. The first-order valence-corrected chi connectivity index (χ1v) is 4.73. The van der Waals surface area contributed by atoms with E-state index in [1.165, 1.54) is 0 Å². The first-order chi connectivity index (χ1) is 7.33. The van der Waals surface area contributed by atoms with E-state index in [2.05, 4.69) is 4.98 Å². The molecule has 1 fully saturated rings. The molecule has 1 amide bonds. The van der Waals surface area contributed by atoms with Gasteiger partial charge in [0, 0.05) is 18.1 Å². The maximum Gasteiger partial charge on any atom is 0.253 e. The monoisotopic (exact) mass is 208 g/mol. The standard InChI is InChI=1S/C10H12N2O3/c13-5-9-6-15-7-10(14)12(9)8-1-3-11-4-2-8/h1-4,9,13H,5-7H2. The van der Waals surface area contributed by atoms with Gasteiger partial charge in [-0.05, 0) is 12.1 Å². The van der Waals surface area contributed by atoms with E-state index in [9.17, 15) is 4.79 Å². The van der Waals surface area contributed by atoms with Crippen molar-refractivity contribution in [3.05, 3.63) is 24.5 Å². The van der Waals surface area contributed by atoms with Crippen LogP contribution in [0.3, 0.4) is 0 Å². The zero-order valence-corrected chi connectivity index (χ0v) is 8.17. The molecule has 5 nitrogen and oxygen atoms in total. The summed E-state index contributed by atoms with van der Waals surface area (Å²) in [5.41, 5.74) is 0.748. The molecular weight excluding hydrogens is 196 g/mol. The number of rotatable bonds is 2. The molecule has 0 aliphatic carbocycles. The van der Waals surface area contributed by atoms with E-state index in [0.29, 0.717) is 6.61 Å². The molecule has 1 aromatic rings. The minimum absolute atomic E-state index is 0.0683. The van der Waals surface area contributed by atoms with Crippen molar-refractivity contribution in [2.75, 3.05) is 24.7 Å². The Balaban J connectivity index is 2.27. The molecule has 0 aromatic carbocycles. The SMILES string of the molecule is O=C1COCC(CO)N1c1ccncc1. The minimum Gasteiger partial charge on any atom is -0.394 e. The number of pyridine rings is 1. The van der Waals surface area contributed by atoms with Gasteiger partial charge in [-0.1, -0.05) is 0 Å². The predicted octanol–water partition coefficient (Wildman–Crippen LogP) is -0.194. The number of morpholine rings is 1. The number of ether oxygens (including phenoxy) is 1. The molecule has 2 rings (SSSR count). The molecule has 80 valence electrons. The number of carbonyl (C=O) groups is 1. The average molecular weight is 208 g/mol. The molecule has 5 heteroatoms. The van der Waals surface area contributed by atoms with E-state index < -0.39 is 0 Å². The number of amides is 1. The molecule has 1 saturated heterocycles. The van der Waals surface area contributed by atoms with Crippen LogP contribution in [0.25, 0.3) is 0 Å². The van der Waals surface area contributed by atoms with Crippen LogP contribution in [0.15, 0.2) is 24.5 Å². The highest BCUT2D eigenvalue weighted by Crippen LogP contribution is 2.18. The lowest BCUT2D eigenvalue weighted by atomic mass is 10.2. The summed E-state index contributed by atoms with van der Waals surface area (Å²) in [5.74, 6) is -0.133. The summed E-state index contributed by atoms with van der Waals surface area (Å²) in [6.07, 6.45) is 3.24. The Morgan fingerprint density at radius 1 is 1.53 bits per heavy atom. The van der Waals surface area contributed by atoms with Gasteiger partial charge in [-0.15, -0.1) is 0 Å². The smallest absolute Gasteiger partial charge is 0.253 e. The lowest BCUT2D eigenvalue weighted by molar-refractivity contribution is -0.128. The molecule has 1 aliphatic heterocycles. The molecule has 1 unspecified atom stereocenters. The molecule has 1 aliphatic rings. The van der Waals surface area contributed by atoms with Gasteiger partial charge in [-0.25, -0.2) is 0 Å². The largest absolute Gasteiger partial charge is 0.394 e. The van der Waals surface area contributed by atoms with Gasteiger partial charge in [0.25, 0.3) is 5.91 Å². The van der Waals surface area contributed by atoms with Gasteiger partial charge in [0.15, 0.2) is 0 Å². The van der Waals surface area contributed by atoms with E-state index in [1.807, 2.05) is 0 Å². The second-order valence-electron chi connectivity index (χ2n) is 3.32. The van der Waals surface area contributed by atoms with Gasteiger partial charge in [0.2, 0.25) is 0 Å². The van der Waals surface area contributed by atoms with Crippen molar-refractivity contribution >= 4 is 11.6 Å². The first-order valence-electron chi connectivity index (χ1n) is 4.73. The van der Waals surface area contributed by atoms with Crippen LogP contribution >= 0.6 is 0 Å². The number of hydrogen-bond acceptors (Lipinski definition) is 4. The summed E-state index contributed by atoms with van der Waals surface area (Å²) >= 11 is 0. The van der Waals surface area contributed by atoms with E-state index >= 15 is 0 Å². The van der Waals surface area contributed by atoms with Gasteiger partial charge in [-0.3, -0.25) is 9.78 Å². The second-order valence-corrected chi connectivity index (χ2v) is 3.32. The fourth-order valence-corrected chi connectivity index (χ4v) is 1.62. The molecule has 1 atom stereocenters. The second kappa shape index (κ2) is 4.37. The Bertz CT molecular complexity index is 342. The number of aromatic nitrogens is 1. The highest BCUT2D eigenvalue weighted by Gasteiger charge is 2.29. The highest BCUT2D eigenvalue weighted by atomic mass is 16.5. The first kappa shape index (κ1) is 10.1. The molecule has 0 radical (unpaired) electrons. The lowest BCUT2D eigenvalue weighted by Gasteiger charge is -2.34. The minimum atomic E-state index is -0.298. The summed E-state index contributed by atoms with van der Waals surface area (Å²) in [6, 6.07) is 3.19. The van der Waals surface area contributed by atoms with E-state index in [-0.39, 0.29) is 25.2 Å². The Kier molecular flexibility index (Phi) is 2.94. The van der Waals surface area contributed by atoms with Crippen molar-refractivity contribution in [2.24, 2.45) is 0 Å². The molecule has 0 bridgehead atoms. The third kappa shape index (κ3) is 1.98. The van der Waals surface area contributed by atoms with Crippen molar-refractivity contribution < 1.29 is 14.6 Å². The van der Waals surface area contributed by atoms with Crippen LogP contribution in [0.5, 0.6) is 0 Å². The van der Waals surface area contributed by atoms with Crippen molar-refractivity contribution in [2.45, 2.75) is 6.04 Å². The zero-order chi connectivity index (χ0) is 10.7. The van der Waals surface area contributed by atoms with Gasteiger partial charge < -0.3 is 14.7 Å². The number of hydrogen-bond donors (Lipinski definition) is 1. The fraction of sp³-hybridized carbons (Fsp3) is 0.400. The van der Waals surface area contributed by atoms with Crippen molar-refractivity contribution in [3.63, 3.8) is 0 Å². The predicted molar refractivity (Wildman–Crippen MR) is 53.4 cm³/mol. The van der Waals surface area contributed by atoms with E-state index in [0.717, 1.165) is 5.69 Å². The summed E-state index contributed by atoms with van der Waals surface area (Å²) in [5, 5.41) is 9.15. The number of nitrogens with zero attached hydrogens (tertiary/aromatic N) is 2. The normalized spacial score (nSPS) is 21.8. The van der Waals surface area contributed by atoms with Crippen LogP contribution in [0, 0.1) is 0 Å². The fourth-order valence-electron chi connectivity index (χ4n) is 1.62. The van der Waals surface area contributed by atoms with Crippen molar-refractivity contribution in [1.82, 2.24) is 4.98 Å². The third-order valence-electron chi connectivity index (χ3n) is 2.32. The molecular formula is C10H12N2O3. The van der Waals surface area contributed by atoms with E-state index in [4.69, 9.17) is 9.84 Å².